The summed E-state index contributed by atoms with van der Waals surface area (Å²) >= 11 is 0. The lowest BCUT2D eigenvalue weighted by Gasteiger charge is -2.12. The van der Waals surface area contributed by atoms with E-state index in [1.165, 1.54) is 12.1 Å². The van der Waals surface area contributed by atoms with Crippen molar-refractivity contribution in [2.24, 2.45) is 0 Å². The van der Waals surface area contributed by atoms with Crippen LogP contribution < -0.4 is 5.32 Å². The molecule has 0 bridgehead atoms. The van der Waals surface area contributed by atoms with Crippen molar-refractivity contribution in [2.45, 2.75) is 25.3 Å². The summed E-state index contributed by atoms with van der Waals surface area (Å²) in [5.74, 6) is -1.11. The minimum Gasteiger partial charge on any atom is -0.463 e. The van der Waals surface area contributed by atoms with Crippen LogP contribution >= 0.6 is 0 Å². The molecule has 0 aliphatic carbocycles. The second-order valence-corrected chi connectivity index (χ2v) is 7.67. The number of carbonyl (C=O) groups excluding carboxylic acids is 2. The molecular formula is C21H23NO7S. The third-order valence-electron chi connectivity index (χ3n) is 3.71. The SMILES string of the molecule is CCOC(=O)/C=C(\CNC(=O)OCc1ccccc1)OS(=O)(=O)c1ccc(C)cc1. The van der Waals surface area contributed by atoms with Crippen LogP contribution in [0.5, 0.6) is 0 Å². The molecule has 2 rings (SSSR count). The van der Waals surface area contributed by atoms with Gasteiger partial charge in [0.2, 0.25) is 0 Å². The molecule has 0 atom stereocenters. The highest BCUT2D eigenvalue weighted by Crippen LogP contribution is 2.16. The van der Waals surface area contributed by atoms with Gasteiger partial charge in [0.15, 0.2) is 0 Å². The zero-order valence-electron chi connectivity index (χ0n) is 16.7. The summed E-state index contributed by atoms with van der Waals surface area (Å²) in [4.78, 5) is 23.6. The minimum absolute atomic E-state index is 0.0338. The summed E-state index contributed by atoms with van der Waals surface area (Å²) in [5.41, 5.74) is 1.66. The monoisotopic (exact) mass is 433 g/mol. The van der Waals surface area contributed by atoms with E-state index in [2.05, 4.69) is 5.32 Å². The molecule has 0 aliphatic heterocycles. The van der Waals surface area contributed by atoms with Gasteiger partial charge in [0.1, 0.15) is 17.3 Å². The number of amides is 1. The lowest BCUT2D eigenvalue weighted by molar-refractivity contribution is -0.137. The molecule has 1 amide bonds. The van der Waals surface area contributed by atoms with E-state index >= 15 is 0 Å². The Labute approximate surface area is 175 Å². The van der Waals surface area contributed by atoms with Gasteiger partial charge in [0.25, 0.3) is 0 Å². The molecule has 2 aromatic rings. The van der Waals surface area contributed by atoms with Crippen molar-refractivity contribution in [2.75, 3.05) is 13.2 Å². The van der Waals surface area contributed by atoms with Gasteiger partial charge < -0.3 is 19.0 Å². The van der Waals surface area contributed by atoms with Crippen LogP contribution in [-0.2, 0) is 35.2 Å². The van der Waals surface area contributed by atoms with Gasteiger partial charge in [0.05, 0.1) is 19.2 Å². The molecule has 1 N–H and O–H groups in total. The van der Waals surface area contributed by atoms with Crippen LogP contribution in [0.2, 0.25) is 0 Å². The molecule has 0 aromatic heterocycles. The van der Waals surface area contributed by atoms with E-state index in [1.54, 1.807) is 43.3 Å². The van der Waals surface area contributed by atoms with E-state index in [0.29, 0.717) is 0 Å². The van der Waals surface area contributed by atoms with Crippen LogP contribution in [0.4, 0.5) is 4.79 Å². The lowest BCUT2D eigenvalue weighted by Crippen LogP contribution is -2.28. The molecule has 9 heteroatoms. The van der Waals surface area contributed by atoms with Crippen LogP contribution in [-0.4, -0.2) is 33.6 Å². The molecular weight excluding hydrogens is 410 g/mol. The maximum Gasteiger partial charge on any atom is 0.407 e. The van der Waals surface area contributed by atoms with Crippen molar-refractivity contribution in [1.82, 2.24) is 5.32 Å². The average Bonchev–Trinajstić information content (AvgIpc) is 2.71. The molecule has 2 aromatic carbocycles. The smallest absolute Gasteiger partial charge is 0.407 e. The first kappa shape index (κ1) is 23.0. The van der Waals surface area contributed by atoms with E-state index in [-0.39, 0.29) is 23.9 Å². The van der Waals surface area contributed by atoms with Crippen LogP contribution in [0.3, 0.4) is 0 Å². The fraction of sp³-hybridized carbons (Fsp3) is 0.238. The van der Waals surface area contributed by atoms with Crippen LogP contribution in [0, 0.1) is 6.92 Å². The van der Waals surface area contributed by atoms with Gasteiger partial charge in [-0.3, -0.25) is 0 Å². The van der Waals surface area contributed by atoms with Gasteiger partial charge in [-0.2, -0.15) is 8.42 Å². The highest BCUT2D eigenvalue weighted by Gasteiger charge is 2.19. The van der Waals surface area contributed by atoms with E-state index in [1.807, 2.05) is 13.0 Å². The summed E-state index contributed by atoms with van der Waals surface area (Å²) in [5, 5.41) is 2.36. The second-order valence-electron chi connectivity index (χ2n) is 6.13. The Kier molecular flexibility index (Phi) is 8.42. The Hall–Kier alpha value is -3.33. The molecule has 0 unspecified atom stereocenters. The normalized spacial score (nSPS) is 11.5. The number of esters is 1. The van der Waals surface area contributed by atoms with E-state index < -0.39 is 28.7 Å². The van der Waals surface area contributed by atoms with Crippen molar-refractivity contribution in [1.29, 1.82) is 0 Å². The Balaban J connectivity index is 2.04. The Bertz CT molecular complexity index is 984. The Morgan fingerprint density at radius 2 is 1.67 bits per heavy atom. The van der Waals surface area contributed by atoms with Crippen LogP contribution in [0.1, 0.15) is 18.1 Å². The molecule has 0 radical (unpaired) electrons. The third kappa shape index (κ3) is 7.59. The summed E-state index contributed by atoms with van der Waals surface area (Å²) in [6.45, 7) is 3.16. The number of nitrogens with one attached hydrogen (secondary N) is 1. The van der Waals surface area contributed by atoms with E-state index in [9.17, 15) is 18.0 Å². The number of ether oxygens (including phenoxy) is 2. The molecule has 0 heterocycles. The summed E-state index contributed by atoms with van der Waals surface area (Å²) in [6.07, 6.45) is 0.0668. The number of rotatable bonds is 9. The molecule has 0 fully saturated rings. The van der Waals surface area contributed by atoms with Gasteiger partial charge in [-0.05, 0) is 31.5 Å². The van der Waals surface area contributed by atoms with E-state index in [0.717, 1.165) is 17.2 Å². The van der Waals surface area contributed by atoms with Crippen molar-refractivity contribution in [3.05, 3.63) is 77.6 Å². The van der Waals surface area contributed by atoms with Crippen LogP contribution in [0.25, 0.3) is 0 Å². The zero-order valence-corrected chi connectivity index (χ0v) is 17.5. The third-order valence-corrected chi connectivity index (χ3v) is 4.99. The van der Waals surface area contributed by atoms with E-state index in [4.69, 9.17) is 13.7 Å². The highest BCUT2D eigenvalue weighted by atomic mass is 32.2. The fourth-order valence-electron chi connectivity index (χ4n) is 2.25. The minimum atomic E-state index is -4.21. The maximum atomic E-state index is 12.5. The first-order valence-electron chi connectivity index (χ1n) is 9.13. The molecule has 0 spiro atoms. The quantitative estimate of drug-likeness (QED) is 0.280. The second kappa shape index (κ2) is 11.0. The molecule has 160 valence electrons. The standard InChI is InChI=1S/C21H23NO7S/c1-3-27-20(23)13-18(29-30(25,26)19-11-9-16(2)10-12-19)14-22-21(24)28-15-17-7-5-4-6-8-17/h4-13H,3,14-15H2,1-2H3,(H,22,24)/b18-13+. The zero-order chi connectivity index (χ0) is 22.0. The van der Waals surface area contributed by atoms with Crippen molar-refractivity contribution in [3.8, 4) is 0 Å². The number of benzene rings is 2. The Morgan fingerprint density at radius 1 is 1.00 bits per heavy atom. The first-order chi connectivity index (χ1) is 14.3. The largest absolute Gasteiger partial charge is 0.463 e. The predicted molar refractivity (Wildman–Crippen MR) is 109 cm³/mol. The van der Waals surface area contributed by atoms with Gasteiger partial charge in [-0.25, -0.2) is 9.59 Å². The summed E-state index contributed by atoms with van der Waals surface area (Å²) in [7, 11) is -4.21. The number of hydrogen-bond acceptors (Lipinski definition) is 7. The lowest BCUT2D eigenvalue weighted by atomic mass is 10.2. The van der Waals surface area contributed by atoms with Gasteiger partial charge in [-0.15, -0.1) is 0 Å². The average molecular weight is 433 g/mol. The first-order valence-corrected chi connectivity index (χ1v) is 10.5. The molecule has 8 nitrogen and oxygen atoms in total. The van der Waals surface area contributed by atoms with Crippen LogP contribution in [0.15, 0.2) is 71.3 Å². The summed E-state index contributed by atoms with van der Waals surface area (Å²) < 4.78 is 39.9. The topological polar surface area (TPSA) is 108 Å². The number of carbonyl (C=O) groups is 2. The van der Waals surface area contributed by atoms with Crippen molar-refractivity contribution >= 4 is 22.2 Å². The maximum absolute atomic E-state index is 12.5. The Morgan fingerprint density at radius 3 is 2.30 bits per heavy atom. The van der Waals surface area contributed by atoms with Gasteiger partial charge in [0, 0.05) is 0 Å². The molecule has 0 saturated carbocycles. The fourth-order valence-corrected chi connectivity index (χ4v) is 3.20. The van der Waals surface area contributed by atoms with Crippen molar-refractivity contribution in [3.63, 3.8) is 0 Å². The predicted octanol–water partition coefficient (Wildman–Crippen LogP) is 3.07. The van der Waals surface area contributed by atoms with Crippen molar-refractivity contribution < 1.29 is 31.7 Å². The number of hydrogen-bond donors (Lipinski definition) is 1. The molecule has 0 saturated heterocycles. The molecule has 30 heavy (non-hydrogen) atoms. The number of aryl methyl sites for hydroxylation is 1. The van der Waals surface area contributed by atoms with Gasteiger partial charge >= 0.3 is 22.2 Å². The summed E-state index contributed by atoms with van der Waals surface area (Å²) in [6, 6.07) is 15.0. The number of alkyl carbamates (subject to hydrolysis) is 1. The molecule has 0 aliphatic rings. The highest BCUT2D eigenvalue weighted by molar-refractivity contribution is 7.86. The van der Waals surface area contributed by atoms with Gasteiger partial charge in [-0.1, -0.05) is 48.0 Å².